The summed E-state index contributed by atoms with van der Waals surface area (Å²) < 4.78 is 28.7. The summed E-state index contributed by atoms with van der Waals surface area (Å²) >= 11 is 0. The van der Waals surface area contributed by atoms with E-state index in [1.165, 1.54) is 0 Å². The second kappa shape index (κ2) is 7.47. The van der Waals surface area contributed by atoms with E-state index < -0.39 is 13.0 Å². The fourth-order valence-electron chi connectivity index (χ4n) is 2.52. The number of para-hydroxylation sites is 1. The van der Waals surface area contributed by atoms with E-state index in [-0.39, 0.29) is 25.0 Å². The topological polar surface area (TPSA) is 55.6 Å². The third kappa shape index (κ3) is 4.22. The molecule has 21 heavy (non-hydrogen) atoms. The zero-order valence-electron chi connectivity index (χ0n) is 11.8. The standard InChI is InChI=1S/C15H20F2N2O2/c16-14(17)10-21-9-7-15(20)19-8-3-5-12(18)11-4-1-2-6-13(11)19/h1-2,4,6,12,14H,3,5,7-10,18H2. The summed E-state index contributed by atoms with van der Waals surface area (Å²) in [6.07, 6.45) is -0.768. The zero-order chi connectivity index (χ0) is 15.2. The van der Waals surface area contributed by atoms with Crippen LogP contribution in [0.2, 0.25) is 0 Å². The molecule has 4 nitrogen and oxygen atoms in total. The summed E-state index contributed by atoms with van der Waals surface area (Å²) in [5, 5.41) is 0. The van der Waals surface area contributed by atoms with Crippen molar-refractivity contribution in [1.82, 2.24) is 0 Å². The van der Waals surface area contributed by atoms with E-state index in [9.17, 15) is 13.6 Å². The van der Waals surface area contributed by atoms with Crippen molar-refractivity contribution in [3.8, 4) is 0 Å². The zero-order valence-corrected chi connectivity index (χ0v) is 11.8. The predicted octanol–water partition coefficient (Wildman–Crippen LogP) is 2.49. The van der Waals surface area contributed by atoms with E-state index in [1.54, 1.807) is 4.90 Å². The van der Waals surface area contributed by atoms with Crippen LogP contribution in [0.5, 0.6) is 0 Å². The number of amides is 1. The number of carbonyl (C=O) groups excluding carboxylic acids is 1. The first-order valence-electron chi connectivity index (χ1n) is 7.10. The highest BCUT2D eigenvalue weighted by molar-refractivity contribution is 5.94. The molecule has 0 spiro atoms. The number of fused-ring (bicyclic) bond motifs is 1. The Bertz CT molecular complexity index is 482. The van der Waals surface area contributed by atoms with Gasteiger partial charge >= 0.3 is 0 Å². The molecule has 1 atom stereocenters. The average Bonchev–Trinajstić information content (AvgIpc) is 2.63. The second-order valence-corrected chi connectivity index (χ2v) is 5.07. The highest BCUT2D eigenvalue weighted by Crippen LogP contribution is 2.31. The molecule has 1 amide bonds. The van der Waals surface area contributed by atoms with Crippen LogP contribution in [-0.2, 0) is 9.53 Å². The Kier molecular flexibility index (Phi) is 5.64. The largest absolute Gasteiger partial charge is 0.375 e. The van der Waals surface area contributed by atoms with Crippen molar-refractivity contribution in [1.29, 1.82) is 0 Å². The number of carbonyl (C=O) groups is 1. The van der Waals surface area contributed by atoms with Gasteiger partial charge in [-0.1, -0.05) is 18.2 Å². The molecule has 1 heterocycles. The number of ether oxygens (including phenoxy) is 1. The summed E-state index contributed by atoms with van der Waals surface area (Å²) in [6.45, 7) is -0.0268. The first kappa shape index (κ1) is 15.9. The SMILES string of the molecule is NC1CCCN(C(=O)CCOCC(F)F)c2ccccc21. The van der Waals surface area contributed by atoms with Crippen LogP contribution in [0.25, 0.3) is 0 Å². The molecule has 1 aromatic rings. The van der Waals surface area contributed by atoms with Crippen molar-refractivity contribution in [2.45, 2.75) is 31.7 Å². The van der Waals surface area contributed by atoms with E-state index in [4.69, 9.17) is 10.5 Å². The number of hydrogen-bond acceptors (Lipinski definition) is 3. The molecule has 1 aliphatic heterocycles. The van der Waals surface area contributed by atoms with Crippen molar-refractivity contribution in [2.75, 3.05) is 24.7 Å². The molecule has 0 fully saturated rings. The Morgan fingerprint density at radius 2 is 2.19 bits per heavy atom. The maximum Gasteiger partial charge on any atom is 0.261 e. The van der Waals surface area contributed by atoms with Crippen molar-refractivity contribution < 1.29 is 18.3 Å². The molecule has 0 bridgehead atoms. The number of nitrogens with zero attached hydrogens (tertiary/aromatic N) is 1. The lowest BCUT2D eigenvalue weighted by molar-refractivity contribution is -0.120. The quantitative estimate of drug-likeness (QED) is 0.850. The predicted molar refractivity (Wildman–Crippen MR) is 76.4 cm³/mol. The fourth-order valence-corrected chi connectivity index (χ4v) is 2.52. The van der Waals surface area contributed by atoms with Gasteiger partial charge in [-0.2, -0.15) is 0 Å². The number of anilines is 1. The first-order chi connectivity index (χ1) is 10.1. The smallest absolute Gasteiger partial charge is 0.261 e. The normalized spacial score (nSPS) is 18.5. The highest BCUT2D eigenvalue weighted by Gasteiger charge is 2.24. The van der Waals surface area contributed by atoms with Gasteiger partial charge in [0.1, 0.15) is 6.61 Å². The minimum absolute atomic E-state index is 0.00783. The molecule has 1 unspecified atom stereocenters. The Morgan fingerprint density at radius 1 is 1.43 bits per heavy atom. The lowest BCUT2D eigenvalue weighted by Crippen LogP contribution is -2.32. The second-order valence-electron chi connectivity index (χ2n) is 5.07. The summed E-state index contributed by atoms with van der Waals surface area (Å²) in [5.41, 5.74) is 7.89. The molecule has 2 rings (SSSR count). The third-order valence-electron chi connectivity index (χ3n) is 3.53. The number of nitrogens with two attached hydrogens (primary N) is 1. The van der Waals surface area contributed by atoms with E-state index in [0.717, 1.165) is 24.1 Å². The average molecular weight is 298 g/mol. The number of rotatable bonds is 5. The minimum Gasteiger partial charge on any atom is -0.375 e. The number of benzene rings is 1. The third-order valence-corrected chi connectivity index (χ3v) is 3.53. The summed E-state index contributed by atoms with van der Waals surface area (Å²) in [7, 11) is 0. The number of alkyl halides is 2. The van der Waals surface area contributed by atoms with Gasteiger partial charge in [0.15, 0.2) is 0 Å². The van der Waals surface area contributed by atoms with Gasteiger partial charge in [-0.05, 0) is 24.5 Å². The Balaban J connectivity index is 2.01. The van der Waals surface area contributed by atoms with Crippen LogP contribution in [-0.4, -0.2) is 32.1 Å². The summed E-state index contributed by atoms with van der Waals surface area (Å²) in [5.74, 6) is -0.120. The van der Waals surface area contributed by atoms with E-state index in [2.05, 4.69) is 0 Å². The molecule has 1 aliphatic rings. The lowest BCUT2D eigenvalue weighted by Gasteiger charge is -2.23. The van der Waals surface area contributed by atoms with Crippen LogP contribution in [0.1, 0.15) is 30.9 Å². The molecular weight excluding hydrogens is 278 g/mol. The van der Waals surface area contributed by atoms with Crippen molar-refractivity contribution in [3.63, 3.8) is 0 Å². The molecular formula is C15H20F2N2O2. The Hall–Kier alpha value is -1.53. The molecule has 0 aromatic heterocycles. The molecule has 116 valence electrons. The van der Waals surface area contributed by atoms with Crippen LogP contribution in [0.4, 0.5) is 14.5 Å². The van der Waals surface area contributed by atoms with Gasteiger partial charge in [-0.25, -0.2) is 8.78 Å². The van der Waals surface area contributed by atoms with Crippen molar-refractivity contribution in [2.24, 2.45) is 5.73 Å². The Morgan fingerprint density at radius 3 is 2.95 bits per heavy atom. The lowest BCUT2D eigenvalue weighted by atomic mass is 10.0. The van der Waals surface area contributed by atoms with Crippen LogP contribution >= 0.6 is 0 Å². The number of halogens is 2. The monoisotopic (exact) mass is 298 g/mol. The van der Waals surface area contributed by atoms with E-state index in [0.29, 0.717) is 6.54 Å². The van der Waals surface area contributed by atoms with Gasteiger partial charge in [0.2, 0.25) is 5.91 Å². The van der Waals surface area contributed by atoms with Crippen molar-refractivity contribution >= 4 is 11.6 Å². The molecule has 0 saturated carbocycles. The van der Waals surface area contributed by atoms with Gasteiger partial charge in [0.05, 0.1) is 13.0 Å². The van der Waals surface area contributed by atoms with Gasteiger partial charge in [-0.15, -0.1) is 0 Å². The molecule has 0 radical (unpaired) electrons. The molecule has 0 saturated heterocycles. The van der Waals surface area contributed by atoms with Crippen molar-refractivity contribution in [3.05, 3.63) is 29.8 Å². The van der Waals surface area contributed by atoms with Crippen LogP contribution in [0, 0.1) is 0 Å². The van der Waals surface area contributed by atoms with Gasteiger partial charge in [0.25, 0.3) is 6.43 Å². The minimum atomic E-state index is -2.50. The highest BCUT2D eigenvalue weighted by atomic mass is 19.3. The summed E-state index contributed by atoms with van der Waals surface area (Å²) in [6, 6.07) is 7.49. The maximum absolute atomic E-state index is 12.3. The molecule has 0 aliphatic carbocycles. The fraction of sp³-hybridized carbons (Fsp3) is 0.533. The van der Waals surface area contributed by atoms with E-state index >= 15 is 0 Å². The molecule has 1 aromatic carbocycles. The summed E-state index contributed by atoms with van der Waals surface area (Å²) in [4.78, 5) is 14.0. The van der Waals surface area contributed by atoms with Gasteiger partial charge < -0.3 is 15.4 Å². The Labute approximate surface area is 122 Å². The molecule has 6 heteroatoms. The van der Waals surface area contributed by atoms with Gasteiger partial charge in [0, 0.05) is 18.3 Å². The van der Waals surface area contributed by atoms with Gasteiger partial charge in [-0.3, -0.25) is 4.79 Å². The van der Waals surface area contributed by atoms with Crippen LogP contribution in [0.15, 0.2) is 24.3 Å². The van der Waals surface area contributed by atoms with Crippen LogP contribution < -0.4 is 10.6 Å². The first-order valence-corrected chi connectivity index (χ1v) is 7.10. The van der Waals surface area contributed by atoms with Crippen LogP contribution in [0.3, 0.4) is 0 Å². The van der Waals surface area contributed by atoms with E-state index in [1.807, 2.05) is 24.3 Å². The molecule has 2 N–H and O–H groups in total. The maximum atomic E-state index is 12.3. The number of hydrogen-bond donors (Lipinski definition) is 1.